The van der Waals surface area contributed by atoms with Crippen LogP contribution in [0, 0.1) is 6.92 Å². The van der Waals surface area contributed by atoms with Gasteiger partial charge in [-0.25, -0.2) is 0 Å². The molecule has 0 aliphatic heterocycles. The van der Waals surface area contributed by atoms with Crippen LogP contribution in [0.1, 0.15) is 16.7 Å². The molecule has 0 aromatic heterocycles. The molecule has 122 valence electrons. The number of benzene rings is 3. The van der Waals surface area contributed by atoms with Crippen LogP contribution in [-0.2, 0) is 6.42 Å². The van der Waals surface area contributed by atoms with E-state index in [9.17, 15) is 18.3 Å². The van der Waals surface area contributed by atoms with Gasteiger partial charge >= 0.3 is 6.36 Å². The molecule has 0 bridgehead atoms. The third-order valence-electron chi connectivity index (χ3n) is 4.37. The number of fused-ring (bicyclic) bond motifs is 5. The van der Waals surface area contributed by atoms with E-state index in [1.54, 1.807) is 13.0 Å². The Balaban J connectivity index is 2.01. The van der Waals surface area contributed by atoms with Gasteiger partial charge < -0.3 is 9.84 Å². The Morgan fingerprint density at radius 2 is 1.79 bits per heavy atom. The molecule has 0 unspecified atom stereocenters. The van der Waals surface area contributed by atoms with Crippen LogP contribution in [0.4, 0.5) is 13.2 Å². The predicted molar refractivity (Wildman–Crippen MR) is 85.3 cm³/mol. The van der Waals surface area contributed by atoms with Crippen LogP contribution in [0.5, 0.6) is 11.5 Å². The molecule has 1 aliphatic rings. The molecule has 0 radical (unpaired) electrons. The first-order valence-corrected chi connectivity index (χ1v) is 7.47. The topological polar surface area (TPSA) is 29.5 Å². The van der Waals surface area contributed by atoms with Crippen molar-refractivity contribution in [2.45, 2.75) is 19.7 Å². The summed E-state index contributed by atoms with van der Waals surface area (Å²) in [4.78, 5) is 0. The number of hydrogen-bond donors (Lipinski definition) is 1. The van der Waals surface area contributed by atoms with E-state index in [1.165, 1.54) is 12.1 Å². The normalized spacial score (nSPS) is 13.0. The van der Waals surface area contributed by atoms with E-state index < -0.39 is 6.36 Å². The molecule has 1 N–H and O–H groups in total. The number of phenols is 1. The molecule has 0 fully saturated rings. The third-order valence-corrected chi connectivity index (χ3v) is 4.37. The Kier molecular flexibility index (Phi) is 3.04. The molecule has 0 saturated heterocycles. The molecule has 3 aromatic carbocycles. The second-order valence-corrected chi connectivity index (χ2v) is 5.97. The maximum absolute atomic E-state index is 12.5. The summed E-state index contributed by atoms with van der Waals surface area (Å²) in [6.45, 7) is 1.73. The third kappa shape index (κ3) is 2.28. The number of aryl methyl sites for hydroxylation is 1. The van der Waals surface area contributed by atoms with Crippen molar-refractivity contribution < 1.29 is 23.0 Å². The van der Waals surface area contributed by atoms with Gasteiger partial charge in [-0.2, -0.15) is 0 Å². The first-order chi connectivity index (χ1) is 11.3. The summed E-state index contributed by atoms with van der Waals surface area (Å²) in [5, 5.41) is 11.5. The van der Waals surface area contributed by atoms with Gasteiger partial charge in [-0.1, -0.05) is 24.3 Å². The van der Waals surface area contributed by atoms with Gasteiger partial charge in [-0.05, 0) is 64.7 Å². The van der Waals surface area contributed by atoms with Crippen LogP contribution >= 0.6 is 0 Å². The van der Waals surface area contributed by atoms with Crippen LogP contribution in [0.15, 0.2) is 42.5 Å². The summed E-state index contributed by atoms with van der Waals surface area (Å²) < 4.78 is 41.5. The minimum Gasteiger partial charge on any atom is -0.507 e. The van der Waals surface area contributed by atoms with E-state index in [0.717, 1.165) is 27.6 Å². The zero-order valence-electron chi connectivity index (χ0n) is 12.7. The minimum atomic E-state index is -4.76. The van der Waals surface area contributed by atoms with Crippen LogP contribution in [0.2, 0.25) is 0 Å². The number of ether oxygens (including phenoxy) is 1. The number of aromatic hydroxyl groups is 1. The number of hydrogen-bond acceptors (Lipinski definition) is 2. The van der Waals surface area contributed by atoms with E-state index in [0.29, 0.717) is 17.4 Å². The monoisotopic (exact) mass is 330 g/mol. The highest BCUT2D eigenvalue weighted by molar-refractivity contribution is 6.06. The van der Waals surface area contributed by atoms with Gasteiger partial charge in [0.15, 0.2) is 0 Å². The van der Waals surface area contributed by atoms with E-state index >= 15 is 0 Å². The van der Waals surface area contributed by atoms with E-state index in [-0.39, 0.29) is 11.5 Å². The van der Waals surface area contributed by atoms with Gasteiger partial charge in [-0.15, -0.1) is 13.2 Å². The van der Waals surface area contributed by atoms with Crippen molar-refractivity contribution in [3.05, 3.63) is 59.2 Å². The van der Waals surface area contributed by atoms with Gasteiger partial charge in [0, 0.05) is 5.39 Å². The summed E-state index contributed by atoms with van der Waals surface area (Å²) >= 11 is 0. The first-order valence-electron chi connectivity index (χ1n) is 7.47. The smallest absolute Gasteiger partial charge is 0.507 e. The summed E-state index contributed by atoms with van der Waals surface area (Å²) in [5.74, 6) is -0.360. The van der Waals surface area contributed by atoms with Crippen molar-refractivity contribution in [3.63, 3.8) is 0 Å². The molecule has 0 amide bonds. The second-order valence-electron chi connectivity index (χ2n) is 5.97. The number of rotatable bonds is 1. The maximum atomic E-state index is 12.5. The molecule has 2 nitrogen and oxygen atoms in total. The highest BCUT2D eigenvalue weighted by atomic mass is 19.4. The largest absolute Gasteiger partial charge is 0.573 e. The lowest BCUT2D eigenvalue weighted by Gasteiger charge is -2.15. The average molecular weight is 330 g/mol. The molecule has 24 heavy (non-hydrogen) atoms. The Morgan fingerprint density at radius 3 is 2.54 bits per heavy atom. The lowest BCUT2D eigenvalue weighted by Crippen LogP contribution is -2.17. The predicted octanol–water partition coefficient (Wildman–Crippen LogP) is 5.32. The molecule has 0 heterocycles. The van der Waals surface area contributed by atoms with Gasteiger partial charge in [0.05, 0.1) is 0 Å². The molecule has 5 heteroatoms. The van der Waals surface area contributed by atoms with Crippen LogP contribution in [0.3, 0.4) is 0 Å². The number of alkyl halides is 3. The highest BCUT2D eigenvalue weighted by Gasteiger charge is 2.32. The fourth-order valence-corrected chi connectivity index (χ4v) is 3.53. The summed E-state index contributed by atoms with van der Waals surface area (Å²) in [7, 11) is 0. The molecule has 4 rings (SSSR count). The summed E-state index contributed by atoms with van der Waals surface area (Å²) in [6.07, 6.45) is -4.06. The van der Waals surface area contributed by atoms with E-state index in [4.69, 9.17) is 0 Å². The first kappa shape index (κ1) is 14.9. The Labute approximate surface area is 136 Å². The van der Waals surface area contributed by atoms with Crippen molar-refractivity contribution in [3.8, 4) is 22.6 Å². The quantitative estimate of drug-likeness (QED) is 0.511. The highest BCUT2D eigenvalue weighted by Crippen LogP contribution is 2.46. The molecule has 3 aromatic rings. The standard InChI is InChI=1S/C19H13F3O2/c1-10-6-13(24-19(20,21)22)9-15-16(23)8-12-7-11-4-2-3-5-14(11)18(12)17(10)15/h2-6,8-9,23H,7H2,1H3. The van der Waals surface area contributed by atoms with Crippen LogP contribution < -0.4 is 4.74 Å². The van der Waals surface area contributed by atoms with Crippen molar-refractivity contribution in [2.24, 2.45) is 0 Å². The van der Waals surface area contributed by atoms with Crippen molar-refractivity contribution >= 4 is 10.8 Å². The van der Waals surface area contributed by atoms with Crippen LogP contribution in [0.25, 0.3) is 21.9 Å². The molecular formula is C19H13F3O2. The summed E-state index contributed by atoms with van der Waals surface area (Å²) in [5.41, 5.74) is 4.80. The SMILES string of the molecule is Cc1cc(OC(F)(F)F)cc2c(O)cc3c(c12)-c1ccccc1C3. The average Bonchev–Trinajstić information content (AvgIpc) is 2.83. The number of phenolic OH excluding ortho intramolecular Hbond substituents is 1. The fourth-order valence-electron chi connectivity index (χ4n) is 3.53. The van der Waals surface area contributed by atoms with Gasteiger partial charge in [0.2, 0.25) is 0 Å². The Morgan fingerprint density at radius 1 is 1.04 bits per heavy atom. The Bertz CT molecular complexity index is 974. The minimum absolute atomic E-state index is 0.0349. The number of halogens is 3. The van der Waals surface area contributed by atoms with Crippen LogP contribution in [-0.4, -0.2) is 11.5 Å². The van der Waals surface area contributed by atoms with Gasteiger partial charge in [0.25, 0.3) is 0 Å². The van der Waals surface area contributed by atoms with Gasteiger partial charge in [-0.3, -0.25) is 0 Å². The van der Waals surface area contributed by atoms with E-state index in [2.05, 4.69) is 4.74 Å². The second kappa shape index (κ2) is 4.90. The zero-order chi connectivity index (χ0) is 17.1. The van der Waals surface area contributed by atoms with Gasteiger partial charge in [0.1, 0.15) is 11.5 Å². The summed E-state index contributed by atoms with van der Waals surface area (Å²) in [6, 6.07) is 12.1. The molecule has 0 atom stereocenters. The Hall–Kier alpha value is -2.69. The van der Waals surface area contributed by atoms with E-state index in [1.807, 2.05) is 24.3 Å². The van der Waals surface area contributed by atoms with Crippen molar-refractivity contribution in [2.75, 3.05) is 0 Å². The molecule has 1 aliphatic carbocycles. The fraction of sp³-hybridized carbons (Fsp3) is 0.158. The molecular weight excluding hydrogens is 317 g/mol. The lowest BCUT2D eigenvalue weighted by molar-refractivity contribution is -0.274. The van der Waals surface area contributed by atoms with Crippen molar-refractivity contribution in [1.29, 1.82) is 0 Å². The zero-order valence-corrected chi connectivity index (χ0v) is 12.7. The molecule has 0 spiro atoms. The maximum Gasteiger partial charge on any atom is 0.573 e. The lowest BCUT2D eigenvalue weighted by atomic mass is 9.94. The molecule has 0 saturated carbocycles. The van der Waals surface area contributed by atoms with Crippen molar-refractivity contribution in [1.82, 2.24) is 0 Å².